The molecule has 0 saturated carbocycles. The Morgan fingerprint density at radius 3 is 2.17 bits per heavy atom. The number of fused-ring (bicyclic) bond motifs is 1. The van der Waals surface area contributed by atoms with Crippen LogP contribution in [0, 0.1) is 6.92 Å². The number of ether oxygens (including phenoxy) is 2. The lowest BCUT2D eigenvalue weighted by Crippen LogP contribution is -2.62. The first-order chi connectivity index (χ1) is 20.2. The van der Waals surface area contributed by atoms with Gasteiger partial charge < -0.3 is 9.47 Å². The van der Waals surface area contributed by atoms with E-state index < -0.39 is 39.3 Å². The van der Waals surface area contributed by atoms with Gasteiger partial charge in [-0.25, -0.2) is 13.2 Å². The van der Waals surface area contributed by atoms with Gasteiger partial charge in [-0.15, -0.1) is 15.9 Å². The molecular formula is C29H25N3O7S3. The van der Waals surface area contributed by atoms with E-state index in [1.165, 1.54) is 30.8 Å². The smallest absolute Gasteiger partial charge is 0.359 e. The SMILES string of the molecule is CC(=O)OC1=C(C(=O)OC(c2ccccc2)c2ccccc2)N2C(=O)/C(=N\SNS(=O)(=O)c3ccc(C)cc3)[C@H]2SC1. The quantitative estimate of drug-likeness (QED) is 0.211. The largest absolute Gasteiger partial charge is 0.448 e. The van der Waals surface area contributed by atoms with Crippen LogP contribution in [0.25, 0.3) is 0 Å². The molecule has 0 bridgehead atoms. The third kappa shape index (κ3) is 6.28. The van der Waals surface area contributed by atoms with Gasteiger partial charge in [-0.05, 0) is 30.2 Å². The summed E-state index contributed by atoms with van der Waals surface area (Å²) >= 11 is 1.70. The van der Waals surface area contributed by atoms with E-state index in [1.54, 1.807) is 12.1 Å². The molecular weight excluding hydrogens is 599 g/mol. The number of benzene rings is 3. The number of nitrogens with one attached hydrogen (secondary N) is 1. The number of sulfonamides is 1. The number of thioether (sulfide) groups is 1. The molecule has 1 amide bonds. The van der Waals surface area contributed by atoms with Crippen molar-refractivity contribution in [3.8, 4) is 0 Å². The molecule has 2 aliphatic heterocycles. The van der Waals surface area contributed by atoms with Crippen LogP contribution in [0.2, 0.25) is 0 Å². The second-order valence-corrected chi connectivity index (χ2v) is 12.9. The average Bonchev–Trinajstić information content (AvgIpc) is 2.98. The normalized spacial score (nSPS) is 17.6. The van der Waals surface area contributed by atoms with Crippen LogP contribution >= 0.6 is 23.9 Å². The van der Waals surface area contributed by atoms with Crippen LogP contribution in [0.3, 0.4) is 0 Å². The van der Waals surface area contributed by atoms with Gasteiger partial charge in [0.25, 0.3) is 15.9 Å². The zero-order valence-corrected chi connectivity index (χ0v) is 24.9. The summed E-state index contributed by atoms with van der Waals surface area (Å²) in [7, 11) is -3.88. The maximum Gasteiger partial charge on any atom is 0.359 e. The van der Waals surface area contributed by atoms with E-state index in [0.29, 0.717) is 23.3 Å². The summed E-state index contributed by atoms with van der Waals surface area (Å²) in [5.74, 6) is -2.07. The molecule has 10 nitrogen and oxygen atoms in total. The highest BCUT2D eigenvalue weighted by Crippen LogP contribution is 2.41. The van der Waals surface area contributed by atoms with Crippen molar-refractivity contribution in [3.63, 3.8) is 0 Å². The Morgan fingerprint density at radius 1 is 1.00 bits per heavy atom. The molecule has 42 heavy (non-hydrogen) atoms. The molecule has 2 aliphatic rings. The van der Waals surface area contributed by atoms with Gasteiger partial charge in [-0.2, -0.15) is 4.40 Å². The zero-order valence-electron chi connectivity index (χ0n) is 22.4. The number of carbonyl (C=O) groups is 3. The van der Waals surface area contributed by atoms with E-state index in [-0.39, 0.29) is 27.8 Å². The fourth-order valence-corrected chi connectivity index (χ4v) is 7.23. The van der Waals surface area contributed by atoms with E-state index in [0.717, 1.165) is 10.5 Å². The Labute approximate surface area is 251 Å². The molecule has 1 saturated heterocycles. The number of amides is 1. The molecule has 0 unspecified atom stereocenters. The molecule has 0 aromatic heterocycles. The van der Waals surface area contributed by atoms with Crippen LogP contribution in [-0.4, -0.2) is 48.0 Å². The van der Waals surface area contributed by atoms with Crippen LogP contribution < -0.4 is 4.13 Å². The summed E-state index contributed by atoms with van der Waals surface area (Å²) in [4.78, 5) is 40.0. The second-order valence-electron chi connectivity index (χ2n) is 9.28. The summed E-state index contributed by atoms with van der Waals surface area (Å²) in [6, 6.07) is 24.5. The van der Waals surface area contributed by atoms with E-state index in [9.17, 15) is 22.8 Å². The highest BCUT2D eigenvalue weighted by molar-refractivity contribution is 8.08. The third-order valence-corrected chi connectivity index (χ3v) is 9.83. The zero-order chi connectivity index (χ0) is 29.9. The predicted octanol–water partition coefficient (Wildman–Crippen LogP) is 4.30. The van der Waals surface area contributed by atoms with Gasteiger partial charge in [0.1, 0.15) is 16.8 Å². The van der Waals surface area contributed by atoms with Crippen molar-refractivity contribution in [1.29, 1.82) is 0 Å². The Morgan fingerprint density at radius 2 is 1.60 bits per heavy atom. The van der Waals surface area contributed by atoms with Gasteiger partial charge in [0.15, 0.2) is 11.8 Å². The first-order valence-corrected chi connectivity index (χ1v) is 16.0. The standard InChI is InChI=1S/C29H25N3O7S3/c1-18-13-15-22(16-14-18)42(36,37)31-41-30-24-27(34)32-25(23(38-19(2)33)17-40-28(24)32)29(35)39-26(20-9-5-3-6-10-20)21-11-7-4-8-12-21/h3-16,26,28,31H,17H2,1-2H3/b30-24+/t28-/m1/s1. The van der Waals surface area contributed by atoms with Gasteiger partial charge in [-0.1, -0.05) is 78.4 Å². The second kappa shape index (κ2) is 12.5. The van der Waals surface area contributed by atoms with Crippen molar-refractivity contribution in [2.45, 2.75) is 30.2 Å². The van der Waals surface area contributed by atoms with E-state index in [4.69, 9.17) is 9.47 Å². The Balaban J connectivity index is 1.38. The number of β-lactam (4-membered cyclic amide) rings is 1. The molecule has 0 aliphatic carbocycles. The number of carbonyl (C=O) groups excluding carboxylic acids is 3. The lowest BCUT2D eigenvalue weighted by Gasteiger charge is -2.44. The van der Waals surface area contributed by atoms with Gasteiger partial charge >= 0.3 is 11.9 Å². The number of nitrogens with zero attached hydrogens (tertiary/aromatic N) is 2. The Bertz CT molecular complexity index is 1640. The van der Waals surface area contributed by atoms with Gasteiger partial charge in [0.2, 0.25) is 0 Å². The summed E-state index contributed by atoms with van der Waals surface area (Å²) in [6.07, 6.45) is -0.796. The topological polar surface area (TPSA) is 131 Å². The van der Waals surface area contributed by atoms with Gasteiger partial charge in [-0.3, -0.25) is 14.5 Å². The van der Waals surface area contributed by atoms with Crippen LogP contribution in [0.5, 0.6) is 0 Å². The molecule has 0 radical (unpaired) electrons. The molecule has 216 valence electrons. The van der Waals surface area contributed by atoms with E-state index in [2.05, 4.69) is 8.53 Å². The molecule has 3 aromatic rings. The summed E-state index contributed by atoms with van der Waals surface area (Å²) in [5, 5.41) is -0.706. The van der Waals surface area contributed by atoms with Crippen LogP contribution in [0.4, 0.5) is 0 Å². The Hall–Kier alpha value is -3.91. The molecule has 3 aromatic carbocycles. The fraction of sp³-hybridized carbons (Fsp3) is 0.172. The number of hydrogen-bond donors (Lipinski definition) is 1. The van der Waals surface area contributed by atoms with Crippen LogP contribution in [0.15, 0.2) is 106 Å². The predicted molar refractivity (Wildman–Crippen MR) is 159 cm³/mol. The van der Waals surface area contributed by atoms with Crippen LogP contribution in [0.1, 0.15) is 29.7 Å². The van der Waals surface area contributed by atoms with Crippen molar-refractivity contribution in [2.75, 3.05) is 5.75 Å². The third-order valence-electron chi connectivity index (χ3n) is 6.30. The van der Waals surface area contributed by atoms with Crippen molar-refractivity contribution in [1.82, 2.24) is 9.03 Å². The summed E-state index contributed by atoms with van der Waals surface area (Å²) < 4.78 is 42.9. The first-order valence-electron chi connectivity index (χ1n) is 12.7. The van der Waals surface area contributed by atoms with Gasteiger partial charge in [0.05, 0.1) is 22.8 Å². The van der Waals surface area contributed by atoms with E-state index >= 15 is 0 Å². The minimum absolute atomic E-state index is 0.00579. The molecule has 5 rings (SSSR count). The molecule has 1 atom stereocenters. The van der Waals surface area contributed by atoms with Crippen molar-refractivity contribution < 1.29 is 32.3 Å². The molecule has 1 fully saturated rings. The minimum Gasteiger partial charge on any atom is -0.448 e. The lowest BCUT2D eigenvalue weighted by molar-refractivity contribution is -0.148. The number of rotatable bonds is 9. The van der Waals surface area contributed by atoms with Crippen molar-refractivity contribution in [2.24, 2.45) is 4.40 Å². The van der Waals surface area contributed by atoms with Crippen LogP contribution in [-0.2, 0) is 33.9 Å². The molecule has 2 heterocycles. The van der Waals surface area contributed by atoms with Crippen molar-refractivity contribution >= 4 is 57.5 Å². The maximum atomic E-state index is 13.7. The highest BCUT2D eigenvalue weighted by atomic mass is 32.3. The Kier molecular flexibility index (Phi) is 8.82. The van der Waals surface area contributed by atoms with E-state index in [1.807, 2.05) is 67.6 Å². The minimum atomic E-state index is -3.88. The number of aryl methyl sites for hydroxylation is 1. The molecule has 1 N–H and O–H groups in total. The number of hydrogen-bond acceptors (Lipinski definition) is 10. The average molecular weight is 624 g/mol. The molecule has 13 heteroatoms. The monoisotopic (exact) mass is 623 g/mol. The van der Waals surface area contributed by atoms with Gasteiger partial charge in [0, 0.05) is 6.92 Å². The maximum absolute atomic E-state index is 13.7. The molecule has 0 spiro atoms. The summed E-state index contributed by atoms with van der Waals surface area (Å²) in [6.45, 7) is 3.04. The van der Waals surface area contributed by atoms with Crippen molar-refractivity contribution in [3.05, 3.63) is 113 Å². The fourth-order valence-electron chi connectivity index (χ4n) is 4.30. The summed E-state index contributed by atoms with van der Waals surface area (Å²) in [5.41, 5.74) is 2.18. The highest BCUT2D eigenvalue weighted by Gasteiger charge is 2.53. The first kappa shape index (κ1) is 29.6. The number of esters is 2. The lowest BCUT2D eigenvalue weighted by atomic mass is 10.0.